The zero-order valence-corrected chi connectivity index (χ0v) is 26.7. The van der Waals surface area contributed by atoms with Gasteiger partial charge in [-0.15, -0.1) is 0 Å². The number of benzene rings is 6. The SMILES string of the molecule is C1=CCC(c2c3c(c(-c4ccc5cc(-c6cc(-c7ccccc7)nc(-c7ccccc7)n6)ccc5c4)c4ccccc24)CCC=C3)C=C1. The molecule has 1 unspecified atom stereocenters. The fourth-order valence-electron chi connectivity index (χ4n) is 7.57. The molecule has 0 bridgehead atoms. The second-order valence-corrected chi connectivity index (χ2v) is 12.8. The minimum Gasteiger partial charge on any atom is -0.228 e. The standard InChI is InChI=1S/C46H34N2/c1-4-14-31(15-5-1)42-30-43(48-46(47-42)33-18-8-3-9-19-33)36-26-24-35-29-37(27-25-34(35)28-36)45-40-22-12-10-20-38(40)44(32-16-6-2-7-17-32)39-21-11-13-23-41(39)45/h1-12,14-16,18-22,24-30,32H,13,17,23H2. The molecule has 1 atom stereocenters. The molecule has 1 heterocycles. The molecule has 0 aliphatic heterocycles. The molecule has 0 spiro atoms. The van der Waals surface area contributed by atoms with Gasteiger partial charge < -0.3 is 0 Å². The van der Waals surface area contributed by atoms with Crippen molar-refractivity contribution in [1.82, 2.24) is 9.97 Å². The van der Waals surface area contributed by atoms with Gasteiger partial charge in [-0.3, -0.25) is 0 Å². The first-order valence-electron chi connectivity index (χ1n) is 16.9. The van der Waals surface area contributed by atoms with Gasteiger partial charge in [-0.25, -0.2) is 9.97 Å². The number of aromatic nitrogens is 2. The van der Waals surface area contributed by atoms with Gasteiger partial charge in [0.05, 0.1) is 11.4 Å². The smallest absolute Gasteiger partial charge is 0.160 e. The summed E-state index contributed by atoms with van der Waals surface area (Å²) in [5.74, 6) is 1.13. The van der Waals surface area contributed by atoms with E-state index in [9.17, 15) is 0 Å². The summed E-state index contributed by atoms with van der Waals surface area (Å²) in [7, 11) is 0. The molecule has 0 N–H and O–H groups in total. The number of allylic oxidation sites excluding steroid dienone is 5. The predicted molar refractivity (Wildman–Crippen MR) is 202 cm³/mol. The van der Waals surface area contributed by atoms with Crippen LogP contribution in [-0.4, -0.2) is 9.97 Å². The Hall–Kier alpha value is -5.86. The third kappa shape index (κ3) is 5.07. The van der Waals surface area contributed by atoms with Gasteiger partial charge in [0.15, 0.2) is 5.82 Å². The van der Waals surface area contributed by atoms with Gasteiger partial charge in [0.2, 0.25) is 0 Å². The maximum Gasteiger partial charge on any atom is 0.160 e. The molecule has 2 aliphatic rings. The van der Waals surface area contributed by atoms with Crippen molar-refractivity contribution in [3.8, 4) is 45.0 Å². The van der Waals surface area contributed by atoms with Crippen LogP contribution in [-0.2, 0) is 6.42 Å². The lowest BCUT2D eigenvalue weighted by atomic mass is 9.77. The molecule has 2 nitrogen and oxygen atoms in total. The van der Waals surface area contributed by atoms with Crippen LogP contribution in [0.1, 0.15) is 35.4 Å². The largest absolute Gasteiger partial charge is 0.228 e. The van der Waals surface area contributed by atoms with Crippen molar-refractivity contribution in [2.45, 2.75) is 25.2 Å². The highest BCUT2D eigenvalue weighted by Crippen LogP contribution is 2.45. The highest BCUT2D eigenvalue weighted by Gasteiger charge is 2.24. The summed E-state index contributed by atoms with van der Waals surface area (Å²) in [6.07, 6.45) is 17.0. The van der Waals surface area contributed by atoms with E-state index in [1.807, 2.05) is 24.3 Å². The lowest BCUT2D eigenvalue weighted by Gasteiger charge is -2.27. The van der Waals surface area contributed by atoms with Crippen LogP contribution in [0.25, 0.3) is 72.7 Å². The average molecular weight is 615 g/mol. The lowest BCUT2D eigenvalue weighted by Crippen LogP contribution is -2.08. The van der Waals surface area contributed by atoms with E-state index in [0.717, 1.165) is 53.2 Å². The van der Waals surface area contributed by atoms with Crippen molar-refractivity contribution in [3.05, 3.63) is 174 Å². The van der Waals surface area contributed by atoms with Crippen LogP contribution in [0.15, 0.2) is 158 Å². The van der Waals surface area contributed by atoms with Crippen LogP contribution in [0.3, 0.4) is 0 Å². The van der Waals surface area contributed by atoms with E-state index in [0.29, 0.717) is 5.92 Å². The molecular formula is C46H34N2. The van der Waals surface area contributed by atoms with Crippen LogP contribution in [0.4, 0.5) is 0 Å². The van der Waals surface area contributed by atoms with Gasteiger partial charge in [0.1, 0.15) is 0 Å². The number of hydrogen-bond donors (Lipinski definition) is 0. The van der Waals surface area contributed by atoms with Crippen LogP contribution < -0.4 is 0 Å². The van der Waals surface area contributed by atoms with Crippen molar-refractivity contribution in [1.29, 1.82) is 0 Å². The molecule has 0 saturated heterocycles. The fourth-order valence-corrected chi connectivity index (χ4v) is 7.57. The molecule has 6 aromatic carbocycles. The number of rotatable bonds is 5. The first-order chi connectivity index (χ1) is 23.8. The molecule has 0 amide bonds. The van der Waals surface area contributed by atoms with Crippen LogP contribution in [0.5, 0.6) is 0 Å². The zero-order valence-electron chi connectivity index (χ0n) is 26.7. The van der Waals surface area contributed by atoms with Crippen molar-refractivity contribution in [3.63, 3.8) is 0 Å². The Morgan fingerprint density at radius 1 is 0.542 bits per heavy atom. The van der Waals surface area contributed by atoms with Gasteiger partial charge >= 0.3 is 0 Å². The van der Waals surface area contributed by atoms with Crippen molar-refractivity contribution in [2.24, 2.45) is 0 Å². The highest BCUT2D eigenvalue weighted by atomic mass is 14.9. The van der Waals surface area contributed by atoms with Crippen LogP contribution in [0.2, 0.25) is 0 Å². The minimum atomic E-state index is 0.395. The Labute approximate surface area is 281 Å². The molecule has 0 fully saturated rings. The molecule has 228 valence electrons. The van der Waals surface area contributed by atoms with E-state index in [2.05, 4.69) is 140 Å². The fraction of sp³-hybridized carbons (Fsp3) is 0.0870. The molecular weight excluding hydrogens is 581 g/mol. The summed E-state index contributed by atoms with van der Waals surface area (Å²) in [4.78, 5) is 10.1. The van der Waals surface area contributed by atoms with Gasteiger partial charge in [0.25, 0.3) is 0 Å². The molecule has 1 aromatic heterocycles. The monoisotopic (exact) mass is 614 g/mol. The van der Waals surface area contributed by atoms with E-state index in [1.165, 1.54) is 49.4 Å². The maximum atomic E-state index is 5.07. The van der Waals surface area contributed by atoms with Gasteiger partial charge in [-0.1, -0.05) is 146 Å². The second kappa shape index (κ2) is 12.1. The average Bonchev–Trinajstić information content (AvgIpc) is 3.17. The zero-order chi connectivity index (χ0) is 31.9. The van der Waals surface area contributed by atoms with E-state index >= 15 is 0 Å². The van der Waals surface area contributed by atoms with E-state index in [-0.39, 0.29) is 0 Å². The number of fused-ring (bicyclic) bond motifs is 3. The third-order valence-electron chi connectivity index (χ3n) is 9.85. The lowest BCUT2D eigenvalue weighted by molar-refractivity contribution is 0.852. The maximum absolute atomic E-state index is 5.07. The van der Waals surface area contributed by atoms with Crippen molar-refractivity contribution in [2.75, 3.05) is 0 Å². The summed E-state index contributed by atoms with van der Waals surface area (Å²) in [6, 6.07) is 45.5. The quantitative estimate of drug-likeness (QED) is 0.193. The van der Waals surface area contributed by atoms with Gasteiger partial charge in [-0.05, 0) is 86.8 Å². The first kappa shape index (κ1) is 28.4. The molecule has 2 heteroatoms. The van der Waals surface area contributed by atoms with E-state index in [4.69, 9.17) is 9.97 Å². The number of nitrogens with zero attached hydrogens (tertiary/aromatic N) is 2. The van der Waals surface area contributed by atoms with Gasteiger partial charge in [0, 0.05) is 22.6 Å². The molecule has 2 aliphatic carbocycles. The minimum absolute atomic E-state index is 0.395. The molecule has 0 radical (unpaired) electrons. The Kier molecular flexibility index (Phi) is 7.13. The van der Waals surface area contributed by atoms with Crippen LogP contribution >= 0.6 is 0 Å². The van der Waals surface area contributed by atoms with Crippen molar-refractivity contribution < 1.29 is 0 Å². The summed E-state index contributed by atoms with van der Waals surface area (Å²) in [6.45, 7) is 0. The summed E-state index contributed by atoms with van der Waals surface area (Å²) in [5.41, 5.74) is 12.0. The van der Waals surface area contributed by atoms with E-state index < -0.39 is 0 Å². The highest BCUT2D eigenvalue weighted by molar-refractivity contribution is 6.05. The second-order valence-electron chi connectivity index (χ2n) is 12.8. The summed E-state index contributed by atoms with van der Waals surface area (Å²) in [5, 5.41) is 5.14. The molecule has 9 rings (SSSR count). The first-order valence-corrected chi connectivity index (χ1v) is 16.9. The number of hydrogen-bond acceptors (Lipinski definition) is 2. The Bertz CT molecular complexity index is 2360. The topological polar surface area (TPSA) is 25.8 Å². The molecule has 7 aromatic rings. The summed E-state index contributed by atoms with van der Waals surface area (Å²) >= 11 is 0. The van der Waals surface area contributed by atoms with E-state index in [1.54, 1.807) is 0 Å². The Morgan fingerprint density at radius 3 is 1.96 bits per heavy atom. The Balaban J connectivity index is 1.17. The Morgan fingerprint density at radius 2 is 1.21 bits per heavy atom. The molecule has 0 saturated carbocycles. The normalized spacial score (nSPS) is 15.2. The predicted octanol–water partition coefficient (Wildman–Crippen LogP) is 12.0. The summed E-state index contributed by atoms with van der Waals surface area (Å²) < 4.78 is 0. The third-order valence-corrected chi connectivity index (χ3v) is 9.85. The van der Waals surface area contributed by atoms with Crippen LogP contribution in [0, 0.1) is 0 Å². The van der Waals surface area contributed by atoms with Crippen molar-refractivity contribution >= 4 is 27.6 Å². The van der Waals surface area contributed by atoms with Gasteiger partial charge in [-0.2, -0.15) is 0 Å². The molecule has 48 heavy (non-hydrogen) atoms.